The molecule has 5 nitrogen and oxygen atoms in total. The van der Waals surface area contributed by atoms with E-state index < -0.39 is 0 Å². The lowest BCUT2D eigenvalue weighted by atomic mass is 10.0. The third-order valence-corrected chi connectivity index (χ3v) is 4.86. The second-order valence-corrected chi connectivity index (χ2v) is 6.86. The molecule has 0 aliphatic carbocycles. The molecular formula is C20H27N3O2. The van der Waals surface area contributed by atoms with Crippen LogP contribution in [0.3, 0.4) is 0 Å². The number of aryl methyl sites for hydroxylation is 1. The van der Waals surface area contributed by atoms with Gasteiger partial charge in [-0.25, -0.2) is 4.98 Å². The molecule has 1 aliphatic rings. The fraction of sp³-hybridized carbons (Fsp3) is 0.500. The lowest BCUT2D eigenvalue weighted by molar-refractivity contribution is -0.138. The number of benzene rings is 1. The Morgan fingerprint density at radius 2 is 2.16 bits per heavy atom. The molecule has 134 valence electrons. The third kappa shape index (κ3) is 4.48. The Morgan fingerprint density at radius 3 is 2.88 bits per heavy atom. The molecule has 2 atom stereocenters. The molecule has 1 fully saturated rings. The monoisotopic (exact) mass is 341 g/mol. The zero-order chi connectivity index (χ0) is 17.6. The van der Waals surface area contributed by atoms with Crippen LogP contribution in [-0.4, -0.2) is 40.1 Å². The fourth-order valence-electron chi connectivity index (χ4n) is 3.47. The average Bonchev–Trinajstić information content (AvgIpc) is 3.08. The number of rotatable bonds is 6. The zero-order valence-electron chi connectivity index (χ0n) is 15.1. The van der Waals surface area contributed by atoms with Crippen molar-refractivity contribution in [3.63, 3.8) is 0 Å². The van der Waals surface area contributed by atoms with Crippen molar-refractivity contribution in [3.05, 3.63) is 54.1 Å². The van der Waals surface area contributed by atoms with Crippen LogP contribution in [0, 0.1) is 12.8 Å². The van der Waals surface area contributed by atoms with Crippen LogP contribution in [-0.2, 0) is 16.1 Å². The quantitative estimate of drug-likeness (QED) is 0.810. The first-order chi connectivity index (χ1) is 12.1. The Labute approximate surface area is 149 Å². The predicted molar refractivity (Wildman–Crippen MR) is 97.1 cm³/mol. The van der Waals surface area contributed by atoms with E-state index in [-0.39, 0.29) is 11.8 Å². The minimum Gasteiger partial charge on any atom is -0.376 e. The Kier molecular flexibility index (Phi) is 5.87. The molecule has 3 rings (SSSR count). The Balaban J connectivity index is 1.50. The number of ether oxygens (including phenoxy) is 1. The molecule has 0 bridgehead atoms. The number of hydrogen-bond acceptors (Lipinski definition) is 3. The van der Waals surface area contributed by atoms with Crippen molar-refractivity contribution >= 4 is 5.91 Å². The number of carbonyl (C=O) groups excluding carboxylic acids is 1. The highest BCUT2D eigenvalue weighted by atomic mass is 16.5. The summed E-state index contributed by atoms with van der Waals surface area (Å²) in [6, 6.07) is 10.4. The normalized spacial score (nSPS) is 19.0. The maximum Gasteiger partial charge on any atom is 0.227 e. The van der Waals surface area contributed by atoms with Crippen molar-refractivity contribution in [2.75, 3.05) is 19.7 Å². The zero-order valence-corrected chi connectivity index (χ0v) is 15.1. The molecule has 0 spiro atoms. The summed E-state index contributed by atoms with van der Waals surface area (Å²) in [4.78, 5) is 19.1. The van der Waals surface area contributed by atoms with Crippen LogP contribution in [0.4, 0.5) is 0 Å². The molecular weight excluding hydrogens is 314 g/mol. The number of likely N-dealkylation sites (tertiary alicyclic amines) is 1. The first-order valence-corrected chi connectivity index (χ1v) is 9.05. The standard InChI is InChI=1S/C20H27N3O2/c1-16(14-25-15-18-7-4-3-5-8-18)20(24)22-11-6-9-19(13-22)23-12-10-21-17(23)2/h3-5,7-8,10,12,16,19H,6,9,11,13-15H2,1-2H3. The highest BCUT2D eigenvalue weighted by Crippen LogP contribution is 2.23. The molecule has 2 aromatic rings. The molecule has 5 heteroatoms. The maximum atomic E-state index is 12.8. The number of aromatic nitrogens is 2. The van der Waals surface area contributed by atoms with Crippen molar-refractivity contribution in [2.45, 2.75) is 39.3 Å². The van der Waals surface area contributed by atoms with E-state index in [1.54, 1.807) is 0 Å². The SMILES string of the molecule is Cc1nccn1C1CCCN(C(=O)C(C)COCc2ccccc2)C1. The molecule has 1 amide bonds. The third-order valence-electron chi connectivity index (χ3n) is 4.86. The van der Waals surface area contributed by atoms with Gasteiger partial charge in [-0.15, -0.1) is 0 Å². The molecule has 1 saturated heterocycles. The van der Waals surface area contributed by atoms with E-state index in [0.717, 1.165) is 37.3 Å². The number of nitrogens with zero attached hydrogens (tertiary/aromatic N) is 3. The molecule has 1 aromatic heterocycles. The number of amides is 1. The molecule has 1 aliphatic heterocycles. The van der Waals surface area contributed by atoms with Gasteiger partial charge in [-0.2, -0.15) is 0 Å². The summed E-state index contributed by atoms with van der Waals surface area (Å²) in [6.45, 7) is 6.58. The van der Waals surface area contributed by atoms with Crippen LogP contribution in [0.15, 0.2) is 42.7 Å². The van der Waals surface area contributed by atoms with E-state index in [1.807, 2.05) is 61.5 Å². The molecule has 25 heavy (non-hydrogen) atoms. The summed E-state index contributed by atoms with van der Waals surface area (Å²) < 4.78 is 7.94. The highest BCUT2D eigenvalue weighted by Gasteiger charge is 2.28. The minimum atomic E-state index is -0.119. The van der Waals surface area contributed by atoms with Crippen molar-refractivity contribution < 1.29 is 9.53 Å². The van der Waals surface area contributed by atoms with Crippen LogP contribution in [0.2, 0.25) is 0 Å². The van der Waals surface area contributed by atoms with Crippen LogP contribution in [0.25, 0.3) is 0 Å². The molecule has 0 radical (unpaired) electrons. The second-order valence-electron chi connectivity index (χ2n) is 6.86. The average molecular weight is 341 g/mol. The largest absolute Gasteiger partial charge is 0.376 e. The van der Waals surface area contributed by atoms with E-state index in [4.69, 9.17) is 4.74 Å². The van der Waals surface area contributed by atoms with Crippen molar-refractivity contribution in [1.29, 1.82) is 0 Å². The van der Waals surface area contributed by atoms with Gasteiger partial charge < -0.3 is 14.2 Å². The number of imidazole rings is 1. The summed E-state index contributed by atoms with van der Waals surface area (Å²) in [6.07, 6.45) is 5.97. The molecule has 1 aromatic carbocycles. The summed E-state index contributed by atoms with van der Waals surface area (Å²) >= 11 is 0. The first kappa shape index (κ1) is 17.7. The Morgan fingerprint density at radius 1 is 1.36 bits per heavy atom. The van der Waals surface area contributed by atoms with Gasteiger partial charge in [-0.1, -0.05) is 37.3 Å². The Hall–Kier alpha value is -2.14. The van der Waals surface area contributed by atoms with Crippen molar-refractivity contribution in [3.8, 4) is 0 Å². The van der Waals surface area contributed by atoms with E-state index in [2.05, 4.69) is 9.55 Å². The van der Waals surface area contributed by atoms with Gasteiger partial charge in [-0.3, -0.25) is 4.79 Å². The predicted octanol–water partition coefficient (Wildman–Crippen LogP) is 3.21. The lowest BCUT2D eigenvalue weighted by Gasteiger charge is -2.35. The topological polar surface area (TPSA) is 47.4 Å². The maximum absolute atomic E-state index is 12.8. The number of piperidine rings is 1. The Bertz CT molecular complexity index is 683. The van der Waals surface area contributed by atoms with E-state index >= 15 is 0 Å². The summed E-state index contributed by atoms with van der Waals surface area (Å²) in [5, 5.41) is 0. The van der Waals surface area contributed by atoms with Crippen LogP contribution in [0.5, 0.6) is 0 Å². The minimum absolute atomic E-state index is 0.119. The molecule has 0 N–H and O–H groups in total. The summed E-state index contributed by atoms with van der Waals surface area (Å²) in [5.41, 5.74) is 1.13. The first-order valence-electron chi connectivity index (χ1n) is 9.05. The molecule has 2 unspecified atom stereocenters. The lowest BCUT2D eigenvalue weighted by Crippen LogP contribution is -2.44. The van der Waals surface area contributed by atoms with Crippen LogP contribution in [0.1, 0.15) is 37.2 Å². The fourth-order valence-corrected chi connectivity index (χ4v) is 3.47. The second kappa shape index (κ2) is 8.30. The molecule has 0 saturated carbocycles. The summed E-state index contributed by atoms with van der Waals surface area (Å²) in [7, 11) is 0. The van der Waals surface area contributed by atoms with Crippen LogP contribution < -0.4 is 0 Å². The number of carbonyl (C=O) groups is 1. The summed E-state index contributed by atoms with van der Waals surface area (Å²) in [5.74, 6) is 1.08. The van der Waals surface area contributed by atoms with Gasteiger partial charge in [0.05, 0.1) is 25.2 Å². The van der Waals surface area contributed by atoms with Gasteiger partial charge in [-0.05, 0) is 25.3 Å². The van der Waals surface area contributed by atoms with E-state index in [1.165, 1.54) is 0 Å². The van der Waals surface area contributed by atoms with Crippen molar-refractivity contribution in [2.24, 2.45) is 5.92 Å². The van der Waals surface area contributed by atoms with Crippen molar-refractivity contribution in [1.82, 2.24) is 14.5 Å². The smallest absolute Gasteiger partial charge is 0.227 e. The van der Waals surface area contributed by atoms with Gasteiger partial charge in [0.2, 0.25) is 5.91 Å². The van der Waals surface area contributed by atoms with Gasteiger partial charge in [0.15, 0.2) is 0 Å². The van der Waals surface area contributed by atoms with Gasteiger partial charge >= 0.3 is 0 Å². The van der Waals surface area contributed by atoms with Crippen LogP contribution >= 0.6 is 0 Å². The van der Waals surface area contributed by atoms with E-state index in [0.29, 0.717) is 19.3 Å². The van der Waals surface area contributed by atoms with Gasteiger partial charge in [0, 0.05) is 25.5 Å². The highest BCUT2D eigenvalue weighted by molar-refractivity contribution is 5.78. The van der Waals surface area contributed by atoms with Gasteiger partial charge in [0.25, 0.3) is 0 Å². The van der Waals surface area contributed by atoms with Gasteiger partial charge in [0.1, 0.15) is 5.82 Å². The number of hydrogen-bond donors (Lipinski definition) is 0. The molecule has 2 heterocycles. The van der Waals surface area contributed by atoms with E-state index in [9.17, 15) is 4.79 Å².